The molecule has 134 valence electrons. The molecule has 0 aromatic rings. The van der Waals surface area contributed by atoms with Crippen LogP contribution in [0.4, 0.5) is 0 Å². The number of rotatable bonds is 7. The summed E-state index contributed by atoms with van der Waals surface area (Å²) in [5.74, 6) is -1.28. The molecular weight excluding hydrogens is 342 g/mol. The number of hydrogen-bond donors (Lipinski definition) is 1. The van der Waals surface area contributed by atoms with E-state index in [9.17, 15) is 18.0 Å². The van der Waals surface area contributed by atoms with Crippen LogP contribution in [-0.4, -0.2) is 69.7 Å². The Labute approximate surface area is 139 Å². The second-order valence-electron chi connectivity index (χ2n) is 5.92. The van der Waals surface area contributed by atoms with E-state index in [1.54, 1.807) is 6.92 Å². The largest absolute Gasteiger partial charge is 0.462 e. The van der Waals surface area contributed by atoms with Gasteiger partial charge in [0.05, 0.1) is 12.7 Å². The van der Waals surface area contributed by atoms with E-state index < -0.39 is 45.6 Å². The number of carbonyl (C=O) groups excluding carboxylic acids is 2. The Balaban J connectivity index is 1.43. The quantitative estimate of drug-likeness (QED) is 0.258. The fraction of sp³-hybridized carbons (Fsp3) is 0.714. The Morgan fingerprint density at radius 2 is 2.00 bits per heavy atom. The molecule has 0 radical (unpaired) electrons. The van der Waals surface area contributed by atoms with Gasteiger partial charge in [-0.25, -0.2) is 0 Å². The molecule has 3 aliphatic rings. The molecule has 1 amide bonds. The zero-order valence-corrected chi connectivity index (χ0v) is 13.9. The third-order valence-corrected chi connectivity index (χ3v) is 6.33. The number of ether oxygens (including phenoxy) is 3. The van der Waals surface area contributed by atoms with Crippen molar-refractivity contribution in [1.82, 2.24) is 5.32 Å². The Hall–Kier alpha value is -1.49. The van der Waals surface area contributed by atoms with E-state index in [1.807, 2.05) is 0 Å². The third-order valence-electron chi connectivity index (χ3n) is 4.47. The van der Waals surface area contributed by atoms with Crippen LogP contribution in [-0.2, 0) is 38.1 Å². The molecule has 9 nitrogen and oxygen atoms in total. The van der Waals surface area contributed by atoms with E-state index in [1.165, 1.54) is 0 Å². The van der Waals surface area contributed by atoms with Crippen LogP contribution in [0.2, 0.25) is 0 Å². The number of carbonyl (C=O) groups is 2. The van der Waals surface area contributed by atoms with Gasteiger partial charge in [-0.05, 0) is 6.08 Å². The van der Waals surface area contributed by atoms with Gasteiger partial charge in [-0.2, -0.15) is 8.42 Å². The van der Waals surface area contributed by atoms with E-state index in [-0.39, 0.29) is 31.8 Å². The van der Waals surface area contributed by atoms with Crippen molar-refractivity contribution < 1.29 is 36.4 Å². The van der Waals surface area contributed by atoms with Crippen molar-refractivity contribution in [2.45, 2.75) is 36.6 Å². The standard InChI is InChI=1S/C14H19NO8S/c1-3-8(16)15-6-9(17)20-4-5-21-11-10-7(2)14-13(22-10)12(11)23-24(14,18)19/h3,7,10-14H,1,4-6H2,2H3,(H,15,16). The Bertz CT molecular complexity index is 647. The molecular formula is C14H19NO8S. The summed E-state index contributed by atoms with van der Waals surface area (Å²) < 4.78 is 45.2. The SMILES string of the molecule is C=CC(=O)NCC(=O)OCCOC1C2OC3C1OS(=O)(=O)C3C2C. The smallest absolute Gasteiger partial charge is 0.325 e. The van der Waals surface area contributed by atoms with E-state index >= 15 is 0 Å². The van der Waals surface area contributed by atoms with Crippen molar-refractivity contribution in [1.29, 1.82) is 0 Å². The minimum atomic E-state index is -3.61. The summed E-state index contributed by atoms with van der Waals surface area (Å²) in [5.41, 5.74) is 0. The molecule has 0 aromatic carbocycles. The fourth-order valence-corrected chi connectivity index (χ4v) is 5.34. The van der Waals surface area contributed by atoms with E-state index in [2.05, 4.69) is 11.9 Å². The lowest BCUT2D eigenvalue weighted by molar-refractivity contribution is -0.146. The number of amides is 1. The summed E-state index contributed by atoms with van der Waals surface area (Å²) in [6.07, 6.45) is -0.918. The van der Waals surface area contributed by atoms with Crippen molar-refractivity contribution in [3.05, 3.63) is 12.7 Å². The van der Waals surface area contributed by atoms with Crippen LogP contribution in [0.5, 0.6) is 0 Å². The van der Waals surface area contributed by atoms with Crippen LogP contribution >= 0.6 is 0 Å². The van der Waals surface area contributed by atoms with Crippen LogP contribution in [0.1, 0.15) is 6.92 Å². The van der Waals surface area contributed by atoms with Crippen LogP contribution in [0.15, 0.2) is 12.7 Å². The minimum absolute atomic E-state index is 0.0199. The highest BCUT2D eigenvalue weighted by Gasteiger charge is 2.69. The first-order chi connectivity index (χ1) is 11.3. The molecule has 0 saturated carbocycles. The van der Waals surface area contributed by atoms with Crippen LogP contribution in [0, 0.1) is 5.92 Å². The molecule has 6 unspecified atom stereocenters. The van der Waals surface area contributed by atoms with Gasteiger partial charge < -0.3 is 19.5 Å². The Kier molecular flexibility index (Phi) is 4.65. The molecule has 0 aromatic heterocycles. The molecule has 3 fully saturated rings. The second kappa shape index (κ2) is 6.43. The lowest BCUT2D eigenvalue weighted by Gasteiger charge is -2.26. The zero-order valence-electron chi connectivity index (χ0n) is 13.0. The lowest BCUT2D eigenvalue weighted by atomic mass is 9.86. The molecule has 0 aliphatic carbocycles. The maximum absolute atomic E-state index is 11.9. The van der Waals surface area contributed by atoms with Gasteiger partial charge in [-0.1, -0.05) is 13.5 Å². The van der Waals surface area contributed by atoms with Crippen molar-refractivity contribution in [3.8, 4) is 0 Å². The third kappa shape index (κ3) is 2.94. The van der Waals surface area contributed by atoms with Gasteiger partial charge in [-0.3, -0.25) is 13.8 Å². The summed E-state index contributed by atoms with van der Waals surface area (Å²) in [4.78, 5) is 22.3. The van der Waals surface area contributed by atoms with E-state index in [0.29, 0.717) is 0 Å². The van der Waals surface area contributed by atoms with Crippen molar-refractivity contribution in [2.75, 3.05) is 19.8 Å². The molecule has 6 atom stereocenters. The number of esters is 1. The monoisotopic (exact) mass is 361 g/mol. The summed E-state index contributed by atoms with van der Waals surface area (Å²) >= 11 is 0. The molecule has 24 heavy (non-hydrogen) atoms. The van der Waals surface area contributed by atoms with Crippen LogP contribution < -0.4 is 5.32 Å². The molecule has 3 aliphatic heterocycles. The molecule has 10 heteroatoms. The number of hydrogen-bond acceptors (Lipinski definition) is 8. The van der Waals surface area contributed by atoms with E-state index in [4.69, 9.17) is 18.4 Å². The Morgan fingerprint density at radius 1 is 1.25 bits per heavy atom. The van der Waals surface area contributed by atoms with Gasteiger partial charge in [0.15, 0.2) is 0 Å². The average molecular weight is 361 g/mol. The first-order valence-electron chi connectivity index (χ1n) is 7.60. The zero-order chi connectivity index (χ0) is 17.5. The average Bonchev–Trinajstić information content (AvgIpc) is 3.10. The highest BCUT2D eigenvalue weighted by molar-refractivity contribution is 7.87. The molecule has 2 bridgehead atoms. The van der Waals surface area contributed by atoms with Crippen molar-refractivity contribution in [3.63, 3.8) is 0 Å². The van der Waals surface area contributed by atoms with Gasteiger partial charge in [0.1, 0.15) is 36.7 Å². The van der Waals surface area contributed by atoms with Gasteiger partial charge in [-0.15, -0.1) is 0 Å². The van der Waals surface area contributed by atoms with E-state index in [0.717, 1.165) is 6.08 Å². The number of nitrogens with one attached hydrogen (secondary N) is 1. The molecule has 3 heterocycles. The van der Waals surface area contributed by atoms with Crippen LogP contribution in [0.25, 0.3) is 0 Å². The summed E-state index contributed by atoms with van der Waals surface area (Å²) in [7, 11) is -3.61. The topological polar surface area (TPSA) is 117 Å². The summed E-state index contributed by atoms with van der Waals surface area (Å²) in [6.45, 7) is 4.86. The van der Waals surface area contributed by atoms with Gasteiger partial charge in [0.25, 0.3) is 10.1 Å². The normalized spacial score (nSPS) is 38.0. The highest BCUT2D eigenvalue weighted by Crippen LogP contribution is 2.50. The molecule has 3 rings (SSSR count). The summed E-state index contributed by atoms with van der Waals surface area (Å²) in [6, 6.07) is 0. The predicted molar refractivity (Wildman–Crippen MR) is 79.3 cm³/mol. The number of fused-ring (bicyclic) bond motifs is 1. The maximum Gasteiger partial charge on any atom is 0.325 e. The fourth-order valence-electron chi connectivity index (χ4n) is 3.45. The van der Waals surface area contributed by atoms with Crippen LogP contribution in [0.3, 0.4) is 0 Å². The van der Waals surface area contributed by atoms with Crippen molar-refractivity contribution in [2.24, 2.45) is 5.92 Å². The van der Waals surface area contributed by atoms with Gasteiger partial charge in [0.2, 0.25) is 5.91 Å². The lowest BCUT2D eigenvalue weighted by Crippen LogP contribution is -2.45. The second-order valence-corrected chi connectivity index (χ2v) is 7.64. The predicted octanol–water partition coefficient (Wildman–Crippen LogP) is -1.27. The highest BCUT2D eigenvalue weighted by atomic mass is 32.2. The first-order valence-corrected chi connectivity index (χ1v) is 9.07. The Morgan fingerprint density at radius 3 is 2.71 bits per heavy atom. The van der Waals surface area contributed by atoms with Gasteiger partial charge >= 0.3 is 5.97 Å². The molecule has 1 N–H and O–H groups in total. The van der Waals surface area contributed by atoms with Gasteiger partial charge in [0, 0.05) is 5.92 Å². The summed E-state index contributed by atoms with van der Waals surface area (Å²) in [5, 5.41) is 1.67. The first kappa shape index (κ1) is 17.3. The molecule has 0 spiro atoms. The van der Waals surface area contributed by atoms with Crippen molar-refractivity contribution >= 4 is 22.0 Å². The molecule has 3 saturated heterocycles. The maximum atomic E-state index is 11.9. The minimum Gasteiger partial charge on any atom is -0.462 e.